The van der Waals surface area contributed by atoms with Gasteiger partial charge >= 0.3 is 5.97 Å². The Bertz CT molecular complexity index is 191. The van der Waals surface area contributed by atoms with Crippen molar-refractivity contribution in [3.05, 3.63) is 11.8 Å². The zero-order valence-electron chi connectivity index (χ0n) is 6.05. The molecule has 3 nitrogen and oxygen atoms in total. The van der Waals surface area contributed by atoms with E-state index in [0.717, 1.165) is 0 Å². The molecule has 0 aliphatic carbocycles. The maximum absolute atomic E-state index is 10.3. The van der Waals surface area contributed by atoms with Gasteiger partial charge in [0.05, 0.1) is 11.8 Å². The molecule has 1 aliphatic heterocycles. The summed E-state index contributed by atoms with van der Waals surface area (Å²) in [5, 5.41) is 8.50. The Labute approximate surface area is 59.3 Å². The fraction of sp³-hybridized carbons (Fsp3) is 0.571. The first-order valence-electron chi connectivity index (χ1n) is 3.11. The van der Waals surface area contributed by atoms with E-state index in [-0.39, 0.29) is 5.60 Å². The predicted molar refractivity (Wildman–Crippen MR) is 35.5 cm³/mol. The zero-order chi connectivity index (χ0) is 7.78. The molecule has 56 valence electrons. The summed E-state index contributed by atoms with van der Waals surface area (Å²) in [6.07, 6.45) is 1.81. The molecule has 0 amide bonds. The molecule has 1 N–H and O–H groups in total. The van der Waals surface area contributed by atoms with Gasteiger partial charge in [0.2, 0.25) is 0 Å². The van der Waals surface area contributed by atoms with Crippen LogP contribution in [0, 0.1) is 0 Å². The van der Waals surface area contributed by atoms with Gasteiger partial charge in [-0.15, -0.1) is 0 Å². The van der Waals surface area contributed by atoms with E-state index in [1.54, 1.807) is 0 Å². The van der Waals surface area contributed by atoms with Crippen LogP contribution in [0.2, 0.25) is 0 Å². The Hall–Kier alpha value is -0.990. The molecule has 10 heavy (non-hydrogen) atoms. The average molecular weight is 142 g/mol. The van der Waals surface area contributed by atoms with E-state index in [0.29, 0.717) is 12.0 Å². The molecule has 0 radical (unpaired) electrons. The Morgan fingerprint density at radius 1 is 1.80 bits per heavy atom. The number of carboxylic acid groups (broad SMARTS) is 1. The third kappa shape index (κ3) is 1.29. The molecule has 0 atom stereocenters. The molecule has 3 heteroatoms. The van der Waals surface area contributed by atoms with E-state index in [2.05, 4.69) is 0 Å². The molecule has 0 spiro atoms. The van der Waals surface area contributed by atoms with Crippen LogP contribution in [0.25, 0.3) is 0 Å². The topological polar surface area (TPSA) is 46.5 Å². The molecule has 0 fully saturated rings. The highest BCUT2D eigenvalue weighted by Crippen LogP contribution is 2.27. The molecule has 0 saturated heterocycles. The number of hydrogen-bond acceptors (Lipinski definition) is 2. The lowest BCUT2D eigenvalue weighted by Gasteiger charge is -2.16. The molecular formula is C7H10O3. The quantitative estimate of drug-likeness (QED) is 0.597. The van der Waals surface area contributed by atoms with Gasteiger partial charge in [0.1, 0.15) is 5.60 Å². The fourth-order valence-electron chi connectivity index (χ4n) is 0.899. The van der Waals surface area contributed by atoms with Crippen molar-refractivity contribution in [2.24, 2.45) is 0 Å². The second kappa shape index (κ2) is 2.01. The standard InChI is InChI=1S/C7H10O3/c1-7(2)3-5(4-10-7)6(8)9/h4H,3H2,1-2H3,(H,8,9). The largest absolute Gasteiger partial charge is 0.495 e. The second-order valence-electron chi connectivity index (χ2n) is 3.00. The van der Waals surface area contributed by atoms with Crippen molar-refractivity contribution < 1.29 is 14.6 Å². The van der Waals surface area contributed by atoms with Crippen LogP contribution in [0.3, 0.4) is 0 Å². The van der Waals surface area contributed by atoms with Crippen LogP contribution in [-0.4, -0.2) is 16.7 Å². The number of hydrogen-bond donors (Lipinski definition) is 1. The fourth-order valence-corrected chi connectivity index (χ4v) is 0.899. The van der Waals surface area contributed by atoms with E-state index in [9.17, 15) is 4.79 Å². The monoisotopic (exact) mass is 142 g/mol. The van der Waals surface area contributed by atoms with Gasteiger partial charge in [-0.3, -0.25) is 0 Å². The first-order chi connectivity index (χ1) is 4.51. The molecule has 0 bridgehead atoms. The van der Waals surface area contributed by atoms with Crippen molar-refractivity contribution in [3.8, 4) is 0 Å². The van der Waals surface area contributed by atoms with E-state index >= 15 is 0 Å². The van der Waals surface area contributed by atoms with E-state index in [1.165, 1.54) is 6.26 Å². The third-order valence-corrected chi connectivity index (χ3v) is 1.41. The van der Waals surface area contributed by atoms with Gasteiger partial charge in [0.25, 0.3) is 0 Å². The summed E-state index contributed by atoms with van der Waals surface area (Å²) in [6.45, 7) is 3.72. The van der Waals surface area contributed by atoms with Gasteiger partial charge in [-0.05, 0) is 13.8 Å². The van der Waals surface area contributed by atoms with Crippen molar-refractivity contribution in [3.63, 3.8) is 0 Å². The molecule has 0 aromatic carbocycles. The number of aliphatic carboxylic acids is 1. The summed E-state index contributed by atoms with van der Waals surface area (Å²) < 4.78 is 5.07. The molecule has 1 aliphatic rings. The van der Waals surface area contributed by atoms with Crippen molar-refractivity contribution in [2.45, 2.75) is 25.9 Å². The van der Waals surface area contributed by atoms with Crippen LogP contribution in [-0.2, 0) is 9.53 Å². The Kier molecular flexibility index (Phi) is 1.43. The molecule has 0 aromatic heterocycles. The Morgan fingerprint density at radius 3 is 2.60 bits per heavy atom. The van der Waals surface area contributed by atoms with Crippen LogP contribution in [0.1, 0.15) is 20.3 Å². The SMILES string of the molecule is CC1(C)CC(C(=O)O)=CO1. The van der Waals surface area contributed by atoms with Crippen molar-refractivity contribution in [2.75, 3.05) is 0 Å². The summed E-state index contributed by atoms with van der Waals surface area (Å²) >= 11 is 0. The van der Waals surface area contributed by atoms with Gasteiger partial charge in [-0.2, -0.15) is 0 Å². The van der Waals surface area contributed by atoms with Crippen LogP contribution >= 0.6 is 0 Å². The predicted octanol–water partition coefficient (Wildman–Crippen LogP) is 1.15. The van der Waals surface area contributed by atoms with Gasteiger partial charge in [-0.1, -0.05) is 0 Å². The minimum Gasteiger partial charge on any atom is -0.495 e. The highest BCUT2D eigenvalue weighted by atomic mass is 16.5. The van der Waals surface area contributed by atoms with E-state index in [1.807, 2.05) is 13.8 Å². The molecule has 0 saturated carbocycles. The average Bonchev–Trinajstić information content (AvgIpc) is 2.10. The van der Waals surface area contributed by atoms with Gasteiger partial charge in [0.15, 0.2) is 0 Å². The lowest BCUT2D eigenvalue weighted by atomic mass is 10.0. The summed E-state index contributed by atoms with van der Waals surface area (Å²) in [7, 11) is 0. The summed E-state index contributed by atoms with van der Waals surface area (Å²) in [5.41, 5.74) is 0.0262. The molecule has 0 aromatic rings. The summed E-state index contributed by atoms with van der Waals surface area (Å²) in [6, 6.07) is 0. The maximum Gasteiger partial charge on any atom is 0.334 e. The molecule has 0 unspecified atom stereocenters. The summed E-state index contributed by atoms with van der Waals surface area (Å²) in [5.74, 6) is -0.884. The normalized spacial score (nSPS) is 21.6. The minimum absolute atomic E-state index is 0.326. The zero-order valence-corrected chi connectivity index (χ0v) is 6.05. The van der Waals surface area contributed by atoms with E-state index < -0.39 is 5.97 Å². The Balaban J connectivity index is 2.64. The molecule has 1 rings (SSSR count). The molecular weight excluding hydrogens is 132 g/mol. The van der Waals surface area contributed by atoms with E-state index in [4.69, 9.17) is 9.84 Å². The Morgan fingerprint density at radius 2 is 2.40 bits per heavy atom. The van der Waals surface area contributed by atoms with Crippen LogP contribution in [0.15, 0.2) is 11.8 Å². The van der Waals surface area contributed by atoms with Crippen molar-refractivity contribution >= 4 is 5.97 Å². The van der Waals surface area contributed by atoms with Gasteiger partial charge in [0, 0.05) is 6.42 Å². The van der Waals surface area contributed by atoms with Crippen LogP contribution in [0.4, 0.5) is 0 Å². The minimum atomic E-state index is -0.884. The maximum atomic E-state index is 10.3. The van der Waals surface area contributed by atoms with Gasteiger partial charge in [-0.25, -0.2) is 4.79 Å². The van der Waals surface area contributed by atoms with Crippen LogP contribution < -0.4 is 0 Å². The highest BCUT2D eigenvalue weighted by Gasteiger charge is 2.29. The first kappa shape index (κ1) is 7.12. The number of carbonyl (C=O) groups is 1. The lowest BCUT2D eigenvalue weighted by Crippen LogP contribution is -2.18. The van der Waals surface area contributed by atoms with Crippen molar-refractivity contribution in [1.29, 1.82) is 0 Å². The number of carboxylic acids is 1. The van der Waals surface area contributed by atoms with Crippen LogP contribution in [0.5, 0.6) is 0 Å². The second-order valence-corrected chi connectivity index (χ2v) is 3.00. The van der Waals surface area contributed by atoms with Gasteiger partial charge < -0.3 is 9.84 Å². The third-order valence-electron chi connectivity index (χ3n) is 1.41. The number of rotatable bonds is 1. The first-order valence-corrected chi connectivity index (χ1v) is 3.11. The summed E-state index contributed by atoms with van der Waals surface area (Å²) in [4.78, 5) is 10.3. The number of ether oxygens (including phenoxy) is 1. The smallest absolute Gasteiger partial charge is 0.334 e. The van der Waals surface area contributed by atoms with Crippen molar-refractivity contribution in [1.82, 2.24) is 0 Å². The lowest BCUT2D eigenvalue weighted by molar-refractivity contribution is -0.132. The highest BCUT2D eigenvalue weighted by molar-refractivity contribution is 5.86. The molecule has 1 heterocycles.